The molecule has 0 unspecified atom stereocenters. The molecule has 0 radical (unpaired) electrons. The van der Waals surface area contributed by atoms with E-state index in [-0.39, 0.29) is 25.1 Å². The molecule has 184 valence electrons. The third-order valence-electron chi connectivity index (χ3n) is 6.78. The second kappa shape index (κ2) is 10.6. The molecule has 3 aromatic rings. The number of esters is 1. The van der Waals surface area contributed by atoms with E-state index in [0.717, 1.165) is 35.3 Å². The van der Waals surface area contributed by atoms with Crippen LogP contribution in [-0.2, 0) is 27.2 Å². The fourth-order valence-corrected chi connectivity index (χ4v) is 4.94. The zero-order valence-corrected chi connectivity index (χ0v) is 20.1. The fourth-order valence-electron chi connectivity index (χ4n) is 4.94. The predicted octanol–water partition coefficient (Wildman–Crippen LogP) is 4.94. The van der Waals surface area contributed by atoms with Gasteiger partial charge in [0.25, 0.3) is 5.91 Å². The maximum atomic E-state index is 13.4. The Balaban J connectivity index is 1.24. The standard InChI is InChI=1S/C29H29N3O4/c33-27(32-25-14-6-4-9-21(25)16-17-22-10-5-7-15-26(22)32)20-36-28(34)23-11-8-18-31(19-23)29(35)30-24-12-2-1-3-13-24/h1-7,9-10,12-15,23H,8,11,16-20H2,(H,30,35)/t23-/m1/s1. The maximum absolute atomic E-state index is 13.4. The van der Waals surface area contributed by atoms with E-state index in [1.165, 1.54) is 0 Å². The number of carbonyl (C=O) groups is 3. The van der Waals surface area contributed by atoms with Gasteiger partial charge in [0.15, 0.2) is 6.61 Å². The summed E-state index contributed by atoms with van der Waals surface area (Å²) in [5, 5.41) is 2.86. The van der Waals surface area contributed by atoms with E-state index in [4.69, 9.17) is 4.74 Å². The molecule has 0 aromatic heterocycles. The first kappa shape index (κ1) is 23.6. The molecule has 0 aliphatic carbocycles. The van der Waals surface area contributed by atoms with Gasteiger partial charge in [0.05, 0.1) is 17.3 Å². The van der Waals surface area contributed by atoms with Crippen LogP contribution >= 0.6 is 0 Å². The quantitative estimate of drug-likeness (QED) is 0.534. The number of fused-ring (bicyclic) bond motifs is 2. The number of hydrogen-bond acceptors (Lipinski definition) is 4. The number of carbonyl (C=O) groups excluding carboxylic acids is 3. The molecule has 3 aromatic carbocycles. The summed E-state index contributed by atoms with van der Waals surface area (Å²) in [5.41, 5.74) is 4.52. The van der Waals surface area contributed by atoms with Crippen LogP contribution < -0.4 is 10.2 Å². The number of nitrogens with zero attached hydrogens (tertiary/aromatic N) is 2. The highest BCUT2D eigenvalue weighted by Gasteiger charge is 2.31. The van der Waals surface area contributed by atoms with Crippen LogP contribution in [0.4, 0.5) is 21.9 Å². The van der Waals surface area contributed by atoms with Crippen molar-refractivity contribution in [3.63, 3.8) is 0 Å². The van der Waals surface area contributed by atoms with Crippen LogP contribution in [0.5, 0.6) is 0 Å². The van der Waals surface area contributed by atoms with Gasteiger partial charge in [-0.15, -0.1) is 0 Å². The van der Waals surface area contributed by atoms with E-state index >= 15 is 0 Å². The van der Waals surface area contributed by atoms with E-state index in [1.807, 2.05) is 78.9 Å². The molecule has 7 heteroatoms. The van der Waals surface area contributed by atoms with Crippen molar-refractivity contribution in [2.75, 3.05) is 29.9 Å². The van der Waals surface area contributed by atoms with Crippen molar-refractivity contribution in [3.05, 3.63) is 90.0 Å². The highest BCUT2D eigenvalue weighted by molar-refractivity contribution is 6.03. The SMILES string of the molecule is O=C(OCC(=O)N1c2ccccc2CCc2ccccc21)[C@@H]1CCCN(C(=O)Nc2ccccc2)C1. The third kappa shape index (κ3) is 5.10. The first-order chi connectivity index (χ1) is 17.6. The van der Waals surface area contributed by atoms with Crippen molar-refractivity contribution in [2.24, 2.45) is 5.92 Å². The topological polar surface area (TPSA) is 79.0 Å². The monoisotopic (exact) mass is 483 g/mol. The number of anilines is 3. The molecule has 0 spiro atoms. The molecular weight excluding hydrogens is 454 g/mol. The van der Waals surface area contributed by atoms with Gasteiger partial charge in [0.2, 0.25) is 0 Å². The molecule has 5 rings (SSSR count). The van der Waals surface area contributed by atoms with Crippen molar-refractivity contribution < 1.29 is 19.1 Å². The molecule has 1 atom stereocenters. The highest BCUT2D eigenvalue weighted by Crippen LogP contribution is 2.36. The van der Waals surface area contributed by atoms with Crippen LogP contribution in [0.15, 0.2) is 78.9 Å². The number of benzene rings is 3. The second-order valence-corrected chi connectivity index (χ2v) is 9.18. The molecule has 36 heavy (non-hydrogen) atoms. The minimum Gasteiger partial charge on any atom is -0.455 e. The van der Waals surface area contributed by atoms with Crippen LogP contribution in [0, 0.1) is 5.92 Å². The lowest BCUT2D eigenvalue weighted by Crippen LogP contribution is -2.45. The van der Waals surface area contributed by atoms with E-state index < -0.39 is 11.9 Å². The number of piperidine rings is 1. The van der Waals surface area contributed by atoms with Crippen LogP contribution in [0.25, 0.3) is 0 Å². The zero-order chi connectivity index (χ0) is 24.9. The van der Waals surface area contributed by atoms with Gasteiger partial charge in [-0.05, 0) is 61.1 Å². The summed E-state index contributed by atoms with van der Waals surface area (Å²) >= 11 is 0. The normalized spacial score (nSPS) is 16.8. The number of rotatable bonds is 4. The Morgan fingerprint density at radius 3 is 2.11 bits per heavy atom. The van der Waals surface area contributed by atoms with Crippen molar-refractivity contribution in [1.29, 1.82) is 0 Å². The number of ether oxygens (including phenoxy) is 1. The lowest BCUT2D eigenvalue weighted by atomic mass is 9.98. The number of aryl methyl sites for hydroxylation is 2. The first-order valence-corrected chi connectivity index (χ1v) is 12.4. The molecule has 1 N–H and O–H groups in total. The van der Waals surface area contributed by atoms with Crippen LogP contribution in [0.2, 0.25) is 0 Å². The number of likely N-dealkylation sites (tertiary alicyclic amines) is 1. The summed E-state index contributed by atoms with van der Waals surface area (Å²) < 4.78 is 5.53. The zero-order valence-electron chi connectivity index (χ0n) is 20.1. The molecule has 0 bridgehead atoms. The van der Waals surface area contributed by atoms with Gasteiger partial charge in [-0.1, -0.05) is 54.6 Å². The number of para-hydroxylation sites is 3. The minimum absolute atomic E-state index is 0.243. The fraction of sp³-hybridized carbons (Fsp3) is 0.276. The van der Waals surface area contributed by atoms with Crippen molar-refractivity contribution in [3.8, 4) is 0 Å². The summed E-state index contributed by atoms with van der Waals surface area (Å²) in [6, 6.07) is 24.7. The van der Waals surface area contributed by atoms with Gasteiger partial charge in [-0.3, -0.25) is 14.5 Å². The molecule has 2 aliphatic heterocycles. The average molecular weight is 484 g/mol. The van der Waals surface area contributed by atoms with E-state index in [9.17, 15) is 14.4 Å². The number of urea groups is 1. The van der Waals surface area contributed by atoms with Crippen LogP contribution in [-0.4, -0.2) is 42.5 Å². The molecule has 2 aliphatic rings. The summed E-state index contributed by atoms with van der Waals surface area (Å²) in [6.45, 7) is 0.484. The molecule has 3 amide bonds. The van der Waals surface area contributed by atoms with E-state index in [1.54, 1.807) is 9.80 Å². The summed E-state index contributed by atoms with van der Waals surface area (Å²) in [6.07, 6.45) is 2.99. The van der Waals surface area contributed by atoms with Crippen molar-refractivity contribution >= 4 is 35.0 Å². The number of amides is 3. The molecule has 1 saturated heterocycles. The average Bonchev–Trinajstić information content (AvgIpc) is 3.09. The number of hydrogen-bond donors (Lipinski definition) is 1. The molecular formula is C29H29N3O4. The highest BCUT2D eigenvalue weighted by atomic mass is 16.5. The Kier molecular flexibility index (Phi) is 6.98. The minimum atomic E-state index is -0.461. The number of nitrogens with one attached hydrogen (secondary N) is 1. The molecule has 1 fully saturated rings. The largest absolute Gasteiger partial charge is 0.455 e. The van der Waals surface area contributed by atoms with Gasteiger partial charge >= 0.3 is 12.0 Å². The van der Waals surface area contributed by atoms with E-state index in [0.29, 0.717) is 25.1 Å². The Labute approximate surface area is 210 Å². The molecule has 2 heterocycles. The predicted molar refractivity (Wildman–Crippen MR) is 138 cm³/mol. The molecule has 7 nitrogen and oxygen atoms in total. The Morgan fingerprint density at radius 2 is 1.44 bits per heavy atom. The Morgan fingerprint density at radius 1 is 0.833 bits per heavy atom. The van der Waals surface area contributed by atoms with E-state index in [2.05, 4.69) is 5.32 Å². The van der Waals surface area contributed by atoms with Gasteiger partial charge in [-0.2, -0.15) is 0 Å². The Hall–Kier alpha value is -4.13. The van der Waals surface area contributed by atoms with Gasteiger partial charge in [-0.25, -0.2) is 4.79 Å². The van der Waals surface area contributed by atoms with Gasteiger partial charge in [0.1, 0.15) is 0 Å². The van der Waals surface area contributed by atoms with Crippen molar-refractivity contribution in [2.45, 2.75) is 25.7 Å². The lowest BCUT2D eigenvalue weighted by Gasteiger charge is -2.31. The third-order valence-corrected chi connectivity index (χ3v) is 6.78. The summed E-state index contributed by atoms with van der Waals surface area (Å²) in [7, 11) is 0. The maximum Gasteiger partial charge on any atom is 0.321 e. The van der Waals surface area contributed by atoms with Crippen LogP contribution in [0.1, 0.15) is 24.0 Å². The first-order valence-electron chi connectivity index (χ1n) is 12.4. The second-order valence-electron chi connectivity index (χ2n) is 9.18. The lowest BCUT2D eigenvalue weighted by molar-refractivity contribution is -0.153. The van der Waals surface area contributed by atoms with Crippen LogP contribution in [0.3, 0.4) is 0 Å². The Bertz CT molecular complexity index is 1210. The van der Waals surface area contributed by atoms with Crippen molar-refractivity contribution in [1.82, 2.24) is 4.90 Å². The molecule has 0 saturated carbocycles. The smallest absolute Gasteiger partial charge is 0.321 e. The summed E-state index contributed by atoms with van der Waals surface area (Å²) in [4.78, 5) is 42.3. The summed E-state index contributed by atoms with van der Waals surface area (Å²) in [5.74, 6) is -1.20. The van der Waals surface area contributed by atoms with Gasteiger partial charge < -0.3 is 15.0 Å². The van der Waals surface area contributed by atoms with Gasteiger partial charge in [0, 0.05) is 18.8 Å².